The van der Waals surface area contributed by atoms with E-state index >= 15 is 0 Å². The van der Waals surface area contributed by atoms with Gasteiger partial charge >= 0.3 is 0 Å². The monoisotopic (exact) mass is 189 g/mol. The van der Waals surface area contributed by atoms with E-state index in [1.165, 1.54) is 0 Å². The first-order chi connectivity index (χ1) is 6.84. The smallest absolute Gasteiger partial charge is 0.223 e. The molecule has 5 heteroatoms. The minimum Gasteiger partial charge on any atom is -0.349 e. The zero-order chi connectivity index (χ0) is 9.80. The van der Waals surface area contributed by atoms with Crippen molar-refractivity contribution in [1.82, 2.24) is 19.9 Å². The average Bonchev–Trinajstić information content (AvgIpc) is 2.67. The van der Waals surface area contributed by atoms with E-state index in [2.05, 4.69) is 25.3 Å². The second kappa shape index (κ2) is 3.87. The van der Waals surface area contributed by atoms with Gasteiger partial charge in [0.15, 0.2) is 0 Å². The van der Waals surface area contributed by atoms with Crippen molar-refractivity contribution in [3.63, 3.8) is 0 Å². The molecule has 5 nitrogen and oxygen atoms in total. The van der Waals surface area contributed by atoms with Gasteiger partial charge in [0.05, 0.1) is 18.6 Å². The third kappa shape index (κ3) is 2.07. The summed E-state index contributed by atoms with van der Waals surface area (Å²) in [6.07, 6.45) is 5.15. The Morgan fingerprint density at radius 2 is 2.43 bits per heavy atom. The van der Waals surface area contributed by atoms with Gasteiger partial charge < -0.3 is 10.3 Å². The maximum atomic E-state index is 4.22. The van der Waals surface area contributed by atoms with Gasteiger partial charge in [-0.15, -0.1) is 0 Å². The molecule has 0 aromatic carbocycles. The number of nitrogens with one attached hydrogen (secondary N) is 2. The summed E-state index contributed by atoms with van der Waals surface area (Å²) >= 11 is 0. The van der Waals surface area contributed by atoms with Crippen molar-refractivity contribution in [1.29, 1.82) is 0 Å². The summed E-state index contributed by atoms with van der Waals surface area (Å²) in [7, 11) is 0. The van der Waals surface area contributed by atoms with Crippen LogP contribution in [0.25, 0.3) is 0 Å². The van der Waals surface area contributed by atoms with Crippen LogP contribution in [0, 0.1) is 6.92 Å². The van der Waals surface area contributed by atoms with E-state index in [1.807, 2.05) is 13.0 Å². The first-order valence-electron chi connectivity index (χ1n) is 4.35. The van der Waals surface area contributed by atoms with E-state index < -0.39 is 0 Å². The van der Waals surface area contributed by atoms with E-state index in [1.54, 1.807) is 18.7 Å². The Morgan fingerprint density at radius 3 is 3.14 bits per heavy atom. The summed E-state index contributed by atoms with van der Waals surface area (Å²) in [5.74, 6) is 0.639. The zero-order valence-electron chi connectivity index (χ0n) is 7.86. The van der Waals surface area contributed by atoms with Gasteiger partial charge in [-0.25, -0.2) is 15.0 Å². The third-order valence-electron chi connectivity index (χ3n) is 1.79. The average molecular weight is 189 g/mol. The highest BCUT2D eigenvalue weighted by Crippen LogP contribution is 2.01. The zero-order valence-corrected chi connectivity index (χ0v) is 7.86. The Morgan fingerprint density at radius 1 is 1.50 bits per heavy atom. The van der Waals surface area contributed by atoms with Crippen LogP contribution in [0.3, 0.4) is 0 Å². The summed E-state index contributed by atoms with van der Waals surface area (Å²) in [4.78, 5) is 15.2. The normalized spacial score (nSPS) is 10.1. The van der Waals surface area contributed by atoms with Crippen LogP contribution in [0.1, 0.15) is 11.4 Å². The number of hydrogen-bond acceptors (Lipinski definition) is 4. The molecule has 2 heterocycles. The van der Waals surface area contributed by atoms with Gasteiger partial charge in [0.1, 0.15) is 0 Å². The maximum Gasteiger partial charge on any atom is 0.223 e. The summed E-state index contributed by atoms with van der Waals surface area (Å²) in [6.45, 7) is 2.59. The molecule has 0 fully saturated rings. The fourth-order valence-corrected chi connectivity index (χ4v) is 1.09. The standard InChI is InChI=1S/C9H11N5/c1-7-2-3-11-9(14-7)12-5-8-4-10-6-13-8/h2-4,6H,5H2,1H3,(H,10,13)(H,11,12,14). The molecule has 2 aromatic rings. The Kier molecular flexibility index (Phi) is 2.40. The Balaban J connectivity index is 1.98. The molecule has 0 saturated carbocycles. The first kappa shape index (κ1) is 8.68. The second-order valence-corrected chi connectivity index (χ2v) is 2.95. The molecule has 0 unspecified atom stereocenters. The van der Waals surface area contributed by atoms with Gasteiger partial charge in [0.25, 0.3) is 0 Å². The van der Waals surface area contributed by atoms with E-state index in [4.69, 9.17) is 0 Å². The topological polar surface area (TPSA) is 66.5 Å². The van der Waals surface area contributed by atoms with Crippen molar-refractivity contribution in [3.8, 4) is 0 Å². The van der Waals surface area contributed by atoms with Crippen LogP contribution in [0.4, 0.5) is 5.95 Å². The summed E-state index contributed by atoms with van der Waals surface area (Å²) in [6, 6.07) is 1.86. The molecule has 0 aliphatic rings. The molecule has 14 heavy (non-hydrogen) atoms. The number of anilines is 1. The molecule has 0 aliphatic carbocycles. The van der Waals surface area contributed by atoms with Crippen LogP contribution in [-0.4, -0.2) is 19.9 Å². The van der Waals surface area contributed by atoms with Crippen LogP contribution < -0.4 is 5.32 Å². The van der Waals surface area contributed by atoms with Gasteiger partial charge in [-0.1, -0.05) is 0 Å². The highest BCUT2D eigenvalue weighted by Gasteiger charge is 1.96. The van der Waals surface area contributed by atoms with Crippen molar-refractivity contribution in [2.75, 3.05) is 5.32 Å². The van der Waals surface area contributed by atoms with Gasteiger partial charge in [0.2, 0.25) is 5.95 Å². The molecular formula is C9H11N5. The summed E-state index contributed by atoms with van der Waals surface area (Å²) in [5, 5.41) is 3.09. The minimum absolute atomic E-state index is 0.639. The molecule has 0 bridgehead atoms. The van der Waals surface area contributed by atoms with Gasteiger partial charge in [0, 0.05) is 18.1 Å². The highest BCUT2D eigenvalue weighted by atomic mass is 15.1. The van der Waals surface area contributed by atoms with Crippen LogP contribution in [0.5, 0.6) is 0 Å². The Hall–Kier alpha value is -1.91. The molecule has 0 amide bonds. The lowest BCUT2D eigenvalue weighted by molar-refractivity contribution is 1.00. The molecule has 0 atom stereocenters. The third-order valence-corrected chi connectivity index (χ3v) is 1.79. The molecule has 0 spiro atoms. The molecule has 2 aromatic heterocycles. The number of rotatable bonds is 3. The van der Waals surface area contributed by atoms with Gasteiger partial charge in [-0.05, 0) is 13.0 Å². The maximum absolute atomic E-state index is 4.22. The predicted molar refractivity (Wildman–Crippen MR) is 52.7 cm³/mol. The highest BCUT2D eigenvalue weighted by molar-refractivity contribution is 5.25. The van der Waals surface area contributed by atoms with Crippen molar-refractivity contribution in [2.24, 2.45) is 0 Å². The molecule has 72 valence electrons. The number of H-pyrrole nitrogens is 1. The quantitative estimate of drug-likeness (QED) is 0.759. The number of aromatic nitrogens is 4. The lowest BCUT2D eigenvalue weighted by Crippen LogP contribution is -2.03. The van der Waals surface area contributed by atoms with Crippen LogP contribution >= 0.6 is 0 Å². The Labute approximate surface area is 81.6 Å². The van der Waals surface area contributed by atoms with Gasteiger partial charge in [-0.2, -0.15) is 0 Å². The van der Waals surface area contributed by atoms with E-state index in [0.717, 1.165) is 11.4 Å². The molecule has 2 rings (SSSR count). The lowest BCUT2D eigenvalue weighted by Gasteiger charge is -2.02. The molecule has 2 N–H and O–H groups in total. The van der Waals surface area contributed by atoms with E-state index in [9.17, 15) is 0 Å². The van der Waals surface area contributed by atoms with Crippen molar-refractivity contribution >= 4 is 5.95 Å². The fourth-order valence-electron chi connectivity index (χ4n) is 1.09. The van der Waals surface area contributed by atoms with E-state index in [-0.39, 0.29) is 0 Å². The number of imidazole rings is 1. The number of aryl methyl sites for hydroxylation is 1. The fraction of sp³-hybridized carbons (Fsp3) is 0.222. The minimum atomic E-state index is 0.639. The van der Waals surface area contributed by atoms with Crippen molar-refractivity contribution < 1.29 is 0 Å². The van der Waals surface area contributed by atoms with Crippen LogP contribution in [0.15, 0.2) is 24.8 Å². The summed E-state index contributed by atoms with van der Waals surface area (Å²) < 4.78 is 0. The molecular weight excluding hydrogens is 178 g/mol. The molecule has 0 radical (unpaired) electrons. The van der Waals surface area contributed by atoms with Crippen molar-refractivity contribution in [2.45, 2.75) is 13.5 Å². The number of nitrogens with zero attached hydrogens (tertiary/aromatic N) is 3. The molecule has 0 saturated heterocycles. The van der Waals surface area contributed by atoms with E-state index in [0.29, 0.717) is 12.5 Å². The number of aromatic amines is 1. The lowest BCUT2D eigenvalue weighted by atomic mass is 10.4. The SMILES string of the molecule is Cc1ccnc(NCc2cnc[nH]2)n1. The largest absolute Gasteiger partial charge is 0.349 e. The molecule has 0 aliphatic heterocycles. The van der Waals surface area contributed by atoms with Crippen molar-refractivity contribution in [3.05, 3.63) is 36.2 Å². The van der Waals surface area contributed by atoms with Gasteiger partial charge in [-0.3, -0.25) is 0 Å². The second-order valence-electron chi connectivity index (χ2n) is 2.95. The number of hydrogen-bond donors (Lipinski definition) is 2. The predicted octanol–water partition coefficient (Wildman–Crippen LogP) is 1.12. The Bertz CT molecular complexity index is 395. The van der Waals surface area contributed by atoms with Crippen LogP contribution in [-0.2, 0) is 6.54 Å². The summed E-state index contributed by atoms with van der Waals surface area (Å²) in [5.41, 5.74) is 1.96. The van der Waals surface area contributed by atoms with Crippen LogP contribution in [0.2, 0.25) is 0 Å². The first-order valence-corrected chi connectivity index (χ1v) is 4.35.